The van der Waals surface area contributed by atoms with E-state index in [0.717, 1.165) is 37.5 Å². The second kappa shape index (κ2) is 7.09. The van der Waals surface area contributed by atoms with Gasteiger partial charge in [0.25, 0.3) is 0 Å². The molecule has 0 N–H and O–H groups in total. The Morgan fingerprint density at radius 2 is 1.88 bits per heavy atom. The lowest BCUT2D eigenvalue weighted by atomic mass is 10.1. The molecule has 1 aliphatic heterocycles. The number of benzene rings is 1. The van der Waals surface area contributed by atoms with Gasteiger partial charge in [0.05, 0.1) is 6.54 Å². The van der Waals surface area contributed by atoms with Crippen LogP contribution in [-0.2, 0) is 6.54 Å². The number of thiophene rings is 1. The normalized spacial score (nSPS) is 17.4. The van der Waals surface area contributed by atoms with Gasteiger partial charge in [-0.05, 0) is 72.2 Å². The van der Waals surface area contributed by atoms with Crippen molar-refractivity contribution in [3.63, 3.8) is 0 Å². The van der Waals surface area contributed by atoms with Gasteiger partial charge in [-0.3, -0.25) is 4.90 Å². The minimum absolute atomic E-state index is 0.917. The molecule has 2 aromatic heterocycles. The summed E-state index contributed by atoms with van der Waals surface area (Å²) in [6, 6.07) is 10.9. The highest BCUT2D eigenvalue weighted by Crippen LogP contribution is 2.28. The smallest absolute Gasteiger partial charge is 0.134 e. The molecule has 4 rings (SSSR count). The molecule has 0 unspecified atom stereocenters. The minimum atomic E-state index is 0.917. The van der Waals surface area contributed by atoms with Gasteiger partial charge >= 0.3 is 0 Å². The number of furan rings is 1. The molecule has 1 aromatic carbocycles. The number of hydrogen-bond donors (Lipinski definition) is 0. The molecule has 0 radical (unpaired) electrons. The van der Waals surface area contributed by atoms with Crippen LogP contribution < -0.4 is 0 Å². The van der Waals surface area contributed by atoms with Gasteiger partial charge in [0.15, 0.2) is 0 Å². The molecule has 0 atom stereocenters. The lowest BCUT2D eigenvalue weighted by Crippen LogP contribution is -2.30. The Labute approximate surface area is 147 Å². The van der Waals surface area contributed by atoms with Gasteiger partial charge in [-0.1, -0.05) is 13.0 Å². The highest BCUT2D eigenvalue weighted by atomic mass is 32.1. The summed E-state index contributed by atoms with van der Waals surface area (Å²) in [5, 5.41) is 5.52. The number of rotatable bonds is 4. The zero-order valence-electron chi connectivity index (χ0n) is 14.2. The van der Waals surface area contributed by atoms with E-state index in [-0.39, 0.29) is 0 Å². The van der Waals surface area contributed by atoms with Crippen LogP contribution in [0.2, 0.25) is 0 Å². The van der Waals surface area contributed by atoms with Crippen LogP contribution in [-0.4, -0.2) is 42.5 Å². The van der Waals surface area contributed by atoms with E-state index in [1.165, 1.54) is 36.0 Å². The Hall–Kier alpha value is -1.62. The van der Waals surface area contributed by atoms with E-state index in [4.69, 9.17) is 4.42 Å². The first-order chi connectivity index (χ1) is 11.8. The molecular formula is C20H24N2OS. The molecule has 24 heavy (non-hydrogen) atoms. The van der Waals surface area contributed by atoms with Crippen molar-refractivity contribution in [3.8, 4) is 11.1 Å². The fourth-order valence-electron chi connectivity index (χ4n) is 3.50. The van der Waals surface area contributed by atoms with Gasteiger partial charge in [-0.2, -0.15) is 11.3 Å². The largest absolute Gasteiger partial charge is 0.460 e. The summed E-state index contributed by atoms with van der Waals surface area (Å²) in [5.74, 6) is 1.08. The first-order valence-electron chi connectivity index (χ1n) is 8.81. The standard InChI is InChI=1S/C20H24N2OS/c1-2-21-7-3-8-22(10-9-21)14-19-13-18-12-16(4-5-20(18)23-19)17-6-11-24-15-17/h4-6,11-13,15H,2-3,7-10,14H2,1H3. The van der Waals surface area contributed by atoms with Crippen molar-refractivity contribution in [1.29, 1.82) is 0 Å². The summed E-state index contributed by atoms with van der Waals surface area (Å²) in [6.07, 6.45) is 1.25. The van der Waals surface area contributed by atoms with Crippen molar-refractivity contribution in [2.24, 2.45) is 0 Å². The molecule has 0 bridgehead atoms. The Morgan fingerprint density at radius 3 is 2.71 bits per heavy atom. The lowest BCUT2D eigenvalue weighted by Gasteiger charge is -2.19. The van der Waals surface area contributed by atoms with Crippen LogP contribution in [0, 0.1) is 0 Å². The van der Waals surface area contributed by atoms with E-state index in [2.05, 4.69) is 57.8 Å². The van der Waals surface area contributed by atoms with Crippen LogP contribution in [0.4, 0.5) is 0 Å². The lowest BCUT2D eigenvalue weighted by molar-refractivity contribution is 0.243. The van der Waals surface area contributed by atoms with E-state index >= 15 is 0 Å². The molecule has 0 amide bonds. The number of hydrogen-bond acceptors (Lipinski definition) is 4. The van der Waals surface area contributed by atoms with Crippen LogP contribution in [0.5, 0.6) is 0 Å². The molecule has 0 saturated carbocycles. The fourth-order valence-corrected chi connectivity index (χ4v) is 4.17. The highest BCUT2D eigenvalue weighted by Gasteiger charge is 2.15. The van der Waals surface area contributed by atoms with Gasteiger partial charge in [0.2, 0.25) is 0 Å². The minimum Gasteiger partial charge on any atom is -0.460 e. The third-order valence-corrected chi connectivity index (χ3v) is 5.61. The third-order valence-electron chi connectivity index (χ3n) is 4.93. The van der Waals surface area contributed by atoms with Crippen LogP contribution in [0.3, 0.4) is 0 Å². The topological polar surface area (TPSA) is 19.6 Å². The number of fused-ring (bicyclic) bond motifs is 1. The van der Waals surface area contributed by atoms with Crippen LogP contribution in [0.15, 0.2) is 45.5 Å². The second-order valence-corrected chi connectivity index (χ2v) is 7.32. The molecule has 1 aliphatic rings. The molecule has 3 aromatic rings. The maximum atomic E-state index is 6.08. The Morgan fingerprint density at radius 1 is 1.00 bits per heavy atom. The predicted octanol–water partition coefficient (Wildman–Crippen LogP) is 4.69. The van der Waals surface area contributed by atoms with Crippen molar-refractivity contribution >= 4 is 22.3 Å². The predicted molar refractivity (Wildman–Crippen MR) is 102 cm³/mol. The maximum Gasteiger partial charge on any atom is 0.134 e. The quantitative estimate of drug-likeness (QED) is 0.687. The fraction of sp³-hybridized carbons (Fsp3) is 0.400. The first kappa shape index (κ1) is 15.9. The summed E-state index contributed by atoms with van der Waals surface area (Å²) in [4.78, 5) is 5.05. The Kier molecular flexibility index (Phi) is 4.69. The third kappa shape index (κ3) is 3.41. The van der Waals surface area contributed by atoms with Crippen molar-refractivity contribution in [3.05, 3.63) is 46.9 Å². The van der Waals surface area contributed by atoms with Gasteiger partial charge < -0.3 is 9.32 Å². The van der Waals surface area contributed by atoms with E-state index < -0.39 is 0 Å². The summed E-state index contributed by atoms with van der Waals surface area (Å²) < 4.78 is 6.08. The zero-order valence-corrected chi connectivity index (χ0v) is 15.0. The van der Waals surface area contributed by atoms with Crippen LogP contribution in [0.25, 0.3) is 22.1 Å². The molecule has 0 spiro atoms. The molecule has 1 saturated heterocycles. The van der Waals surface area contributed by atoms with Gasteiger partial charge in [0, 0.05) is 18.5 Å². The van der Waals surface area contributed by atoms with E-state index in [0.29, 0.717) is 0 Å². The van der Waals surface area contributed by atoms with Crippen molar-refractivity contribution < 1.29 is 4.42 Å². The molecule has 3 heterocycles. The summed E-state index contributed by atoms with van der Waals surface area (Å²) >= 11 is 1.74. The summed E-state index contributed by atoms with van der Waals surface area (Å²) in [6.45, 7) is 9.00. The van der Waals surface area contributed by atoms with Gasteiger partial charge in [-0.25, -0.2) is 0 Å². The zero-order chi connectivity index (χ0) is 16.4. The second-order valence-electron chi connectivity index (χ2n) is 6.54. The summed E-state index contributed by atoms with van der Waals surface area (Å²) in [5.41, 5.74) is 3.55. The van der Waals surface area contributed by atoms with E-state index in [9.17, 15) is 0 Å². The SMILES string of the molecule is CCN1CCCN(Cc2cc3cc(-c4ccsc4)ccc3o2)CC1. The van der Waals surface area contributed by atoms with Crippen LogP contribution >= 0.6 is 11.3 Å². The Bertz CT molecular complexity index is 793. The molecule has 126 valence electrons. The highest BCUT2D eigenvalue weighted by molar-refractivity contribution is 7.08. The van der Waals surface area contributed by atoms with Crippen molar-refractivity contribution in [2.75, 3.05) is 32.7 Å². The molecule has 0 aliphatic carbocycles. The summed E-state index contributed by atoms with van der Waals surface area (Å²) in [7, 11) is 0. The number of nitrogens with zero attached hydrogens (tertiary/aromatic N) is 2. The van der Waals surface area contributed by atoms with E-state index in [1.54, 1.807) is 11.3 Å². The Balaban J connectivity index is 1.50. The molecular weight excluding hydrogens is 316 g/mol. The monoisotopic (exact) mass is 340 g/mol. The average Bonchev–Trinajstić information content (AvgIpc) is 3.20. The van der Waals surface area contributed by atoms with Crippen molar-refractivity contribution in [1.82, 2.24) is 9.80 Å². The van der Waals surface area contributed by atoms with E-state index in [1.807, 2.05) is 0 Å². The molecule has 1 fully saturated rings. The van der Waals surface area contributed by atoms with Gasteiger partial charge in [0.1, 0.15) is 11.3 Å². The van der Waals surface area contributed by atoms with Gasteiger partial charge in [-0.15, -0.1) is 0 Å². The number of likely N-dealkylation sites (N-methyl/N-ethyl adjacent to an activating group) is 1. The van der Waals surface area contributed by atoms with Crippen LogP contribution in [0.1, 0.15) is 19.1 Å². The maximum absolute atomic E-state index is 6.08. The first-order valence-corrected chi connectivity index (χ1v) is 9.76. The average molecular weight is 340 g/mol. The molecule has 3 nitrogen and oxygen atoms in total. The van der Waals surface area contributed by atoms with Crippen molar-refractivity contribution in [2.45, 2.75) is 19.9 Å². The molecule has 4 heteroatoms.